The van der Waals surface area contributed by atoms with Crippen molar-refractivity contribution in [3.8, 4) is 0 Å². The maximum atomic E-state index is 13.1. The summed E-state index contributed by atoms with van der Waals surface area (Å²) in [6.07, 6.45) is 3.23. The molecule has 3 aliphatic heterocycles. The first kappa shape index (κ1) is 28.2. The van der Waals surface area contributed by atoms with E-state index >= 15 is 0 Å². The highest BCUT2D eigenvalue weighted by atomic mass is 32.2. The Kier molecular flexibility index (Phi) is 7.18. The molecule has 0 aliphatic carbocycles. The van der Waals surface area contributed by atoms with E-state index in [1.807, 2.05) is 6.92 Å². The van der Waals surface area contributed by atoms with Gasteiger partial charge in [0, 0.05) is 19.6 Å². The third-order valence-corrected chi connectivity index (χ3v) is 8.93. The summed E-state index contributed by atoms with van der Waals surface area (Å²) in [5, 5.41) is 8.00. The number of carbonyl (C=O) groups excluding carboxylic acids is 2. The van der Waals surface area contributed by atoms with Gasteiger partial charge < -0.3 is 24.8 Å². The van der Waals surface area contributed by atoms with Gasteiger partial charge in [0.25, 0.3) is 5.91 Å². The first-order chi connectivity index (χ1) is 20.1. The highest BCUT2D eigenvalue weighted by Crippen LogP contribution is 2.44. The number of hydrogen-bond donors (Lipinski definition) is 3. The zero-order valence-corrected chi connectivity index (χ0v) is 23.9. The first-order valence-electron chi connectivity index (χ1n) is 13.4. The van der Waals surface area contributed by atoms with Crippen molar-refractivity contribution in [3.63, 3.8) is 0 Å². The number of imidazole rings is 1. The number of benzene rings is 1. The SMILES string of the molecule is CCNC(=O)[C@H]1O[C@@H](n2cnc3c(NC(=O)Nc4ccccc4S(=O)(=O)N4CC=CC4)ncnc32)C2OC(C)(C)OC21. The second kappa shape index (κ2) is 10.7. The predicted octanol–water partition coefficient (Wildman–Crippen LogP) is 1.58. The number of urea groups is 1. The van der Waals surface area contributed by atoms with E-state index in [0.29, 0.717) is 12.2 Å². The smallest absolute Gasteiger partial charge is 0.324 e. The molecule has 5 heterocycles. The van der Waals surface area contributed by atoms with Crippen LogP contribution in [-0.2, 0) is 29.0 Å². The Morgan fingerprint density at radius 1 is 1.05 bits per heavy atom. The van der Waals surface area contributed by atoms with E-state index < -0.39 is 46.4 Å². The first-order valence-corrected chi connectivity index (χ1v) is 14.8. The van der Waals surface area contributed by atoms with Crippen LogP contribution in [0, 0.1) is 0 Å². The Morgan fingerprint density at radius 3 is 2.55 bits per heavy atom. The minimum absolute atomic E-state index is 0.0303. The number of fused-ring (bicyclic) bond motifs is 2. The van der Waals surface area contributed by atoms with Crippen molar-refractivity contribution in [2.24, 2.45) is 0 Å². The number of para-hydroxylation sites is 1. The molecule has 2 unspecified atom stereocenters. The number of ether oxygens (including phenoxy) is 3. The molecule has 16 heteroatoms. The van der Waals surface area contributed by atoms with Gasteiger partial charge in [-0.3, -0.25) is 14.7 Å². The second-order valence-electron chi connectivity index (χ2n) is 10.3. The van der Waals surface area contributed by atoms with Gasteiger partial charge in [-0.1, -0.05) is 24.3 Å². The van der Waals surface area contributed by atoms with Gasteiger partial charge in [-0.2, -0.15) is 4.31 Å². The molecule has 4 atom stereocenters. The summed E-state index contributed by atoms with van der Waals surface area (Å²) in [6.45, 7) is 6.28. The molecule has 0 spiro atoms. The van der Waals surface area contributed by atoms with Crippen LogP contribution in [0.15, 0.2) is 54.0 Å². The topological polar surface area (TPSA) is 179 Å². The van der Waals surface area contributed by atoms with Crippen molar-refractivity contribution < 1.29 is 32.2 Å². The zero-order valence-electron chi connectivity index (χ0n) is 23.1. The number of aromatic nitrogens is 4. The van der Waals surface area contributed by atoms with Crippen molar-refractivity contribution in [1.29, 1.82) is 0 Å². The van der Waals surface area contributed by atoms with Gasteiger partial charge in [-0.15, -0.1) is 0 Å². The molecule has 2 saturated heterocycles. The lowest BCUT2D eigenvalue weighted by molar-refractivity contribution is -0.197. The van der Waals surface area contributed by atoms with Crippen LogP contribution in [0.3, 0.4) is 0 Å². The molecule has 0 saturated carbocycles. The summed E-state index contributed by atoms with van der Waals surface area (Å²) in [6, 6.07) is 5.43. The molecule has 2 aromatic heterocycles. The van der Waals surface area contributed by atoms with E-state index in [1.165, 1.54) is 29.1 Å². The number of anilines is 2. The number of rotatable bonds is 7. The monoisotopic (exact) mass is 598 g/mol. The fourth-order valence-electron chi connectivity index (χ4n) is 5.27. The van der Waals surface area contributed by atoms with Gasteiger partial charge in [0.1, 0.15) is 23.4 Å². The van der Waals surface area contributed by atoms with Gasteiger partial charge >= 0.3 is 6.03 Å². The Labute approximate surface area is 241 Å². The van der Waals surface area contributed by atoms with E-state index in [0.717, 1.165) is 0 Å². The van der Waals surface area contributed by atoms with Crippen LogP contribution in [0.4, 0.5) is 16.3 Å². The van der Waals surface area contributed by atoms with Gasteiger partial charge in [0.2, 0.25) is 10.0 Å². The third kappa shape index (κ3) is 5.00. The van der Waals surface area contributed by atoms with Crippen LogP contribution in [-0.4, -0.2) is 87.9 Å². The maximum absolute atomic E-state index is 13.1. The van der Waals surface area contributed by atoms with Crippen molar-refractivity contribution in [1.82, 2.24) is 29.1 Å². The Bertz CT molecular complexity index is 1670. The average molecular weight is 599 g/mol. The summed E-state index contributed by atoms with van der Waals surface area (Å²) in [5.41, 5.74) is 0.676. The summed E-state index contributed by atoms with van der Waals surface area (Å²) in [7, 11) is -3.84. The standard InChI is InChI=1S/C26H30N8O7S/c1-4-27-23(35)19-18-20(41-26(2,3)40-18)24(39-19)34-14-30-17-21(28-13-29-22(17)34)32-25(36)31-15-9-5-6-10-16(15)42(37,38)33-11-7-8-12-33/h5-10,13-14,18-20,24H,4,11-12H2,1-3H3,(H,27,35)(H2,28,29,31,32,36)/t18?,19-,20?,24+/m0/s1. The quantitative estimate of drug-likeness (QED) is 0.338. The summed E-state index contributed by atoms with van der Waals surface area (Å²) in [5.74, 6) is -1.18. The minimum Gasteiger partial charge on any atom is -0.354 e. The van der Waals surface area contributed by atoms with Gasteiger partial charge in [0.05, 0.1) is 12.0 Å². The molecule has 0 radical (unpaired) electrons. The molecule has 2 fully saturated rings. The lowest BCUT2D eigenvalue weighted by atomic mass is 10.1. The summed E-state index contributed by atoms with van der Waals surface area (Å²) < 4.78 is 47.4. The molecule has 222 valence electrons. The van der Waals surface area contributed by atoms with Crippen LogP contribution in [0.2, 0.25) is 0 Å². The molecule has 3 aromatic rings. The van der Waals surface area contributed by atoms with Crippen LogP contribution in [0.1, 0.15) is 27.0 Å². The molecular weight excluding hydrogens is 568 g/mol. The molecular formula is C26H30N8O7S. The van der Waals surface area contributed by atoms with Crippen molar-refractivity contribution in [2.45, 2.75) is 56.0 Å². The van der Waals surface area contributed by atoms with E-state index in [9.17, 15) is 18.0 Å². The van der Waals surface area contributed by atoms with E-state index in [-0.39, 0.29) is 40.9 Å². The van der Waals surface area contributed by atoms with E-state index in [4.69, 9.17) is 14.2 Å². The second-order valence-corrected chi connectivity index (χ2v) is 12.2. The Morgan fingerprint density at radius 2 is 1.79 bits per heavy atom. The van der Waals surface area contributed by atoms with E-state index in [1.54, 1.807) is 42.7 Å². The molecule has 1 aromatic carbocycles. The maximum Gasteiger partial charge on any atom is 0.324 e. The number of amides is 3. The molecule has 15 nitrogen and oxygen atoms in total. The average Bonchev–Trinajstić information content (AvgIpc) is 3.73. The lowest BCUT2D eigenvalue weighted by Crippen LogP contribution is -2.42. The normalized spacial score (nSPS) is 25.0. The van der Waals surface area contributed by atoms with Gasteiger partial charge in [-0.25, -0.2) is 28.2 Å². The number of likely N-dealkylation sites (N-methyl/N-ethyl adjacent to an activating group) is 1. The van der Waals surface area contributed by atoms with Crippen molar-refractivity contribution >= 4 is 44.6 Å². The highest BCUT2D eigenvalue weighted by Gasteiger charge is 2.58. The number of carbonyl (C=O) groups is 2. The minimum atomic E-state index is -3.84. The predicted molar refractivity (Wildman–Crippen MR) is 149 cm³/mol. The number of nitrogens with zero attached hydrogens (tertiary/aromatic N) is 5. The van der Waals surface area contributed by atoms with Gasteiger partial charge in [0.15, 0.2) is 35.1 Å². The molecule has 3 aliphatic rings. The van der Waals surface area contributed by atoms with Crippen LogP contribution in [0.25, 0.3) is 11.2 Å². The van der Waals surface area contributed by atoms with E-state index in [2.05, 4.69) is 30.9 Å². The molecule has 42 heavy (non-hydrogen) atoms. The zero-order chi connectivity index (χ0) is 29.6. The Hall–Kier alpha value is -3.96. The number of sulfonamides is 1. The Balaban J connectivity index is 1.24. The van der Waals surface area contributed by atoms with Crippen LogP contribution < -0.4 is 16.0 Å². The molecule has 3 amide bonds. The van der Waals surface area contributed by atoms with Gasteiger partial charge in [-0.05, 0) is 32.9 Å². The fourth-order valence-corrected chi connectivity index (χ4v) is 6.76. The number of hydrogen-bond acceptors (Lipinski definition) is 10. The fraction of sp³-hybridized carbons (Fsp3) is 0.423. The molecule has 3 N–H and O–H groups in total. The summed E-state index contributed by atoms with van der Waals surface area (Å²) >= 11 is 0. The van der Waals surface area contributed by atoms with Crippen LogP contribution >= 0.6 is 0 Å². The number of nitrogens with one attached hydrogen (secondary N) is 3. The van der Waals surface area contributed by atoms with Crippen molar-refractivity contribution in [3.05, 3.63) is 49.1 Å². The molecule has 0 bridgehead atoms. The van der Waals surface area contributed by atoms with Crippen LogP contribution in [0.5, 0.6) is 0 Å². The largest absolute Gasteiger partial charge is 0.354 e. The summed E-state index contributed by atoms with van der Waals surface area (Å²) in [4.78, 5) is 38.7. The molecule has 6 rings (SSSR count). The third-order valence-electron chi connectivity index (χ3n) is 7.04. The lowest BCUT2D eigenvalue weighted by Gasteiger charge is -2.24. The highest BCUT2D eigenvalue weighted by molar-refractivity contribution is 7.89. The van der Waals surface area contributed by atoms with Crippen molar-refractivity contribution in [2.75, 3.05) is 30.3 Å².